The Labute approximate surface area is 166 Å². The van der Waals surface area contributed by atoms with E-state index in [0.29, 0.717) is 11.1 Å². The molecule has 1 atom stereocenters. The van der Waals surface area contributed by atoms with Crippen LogP contribution in [-0.4, -0.2) is 37.8 Å². The van der Waals surface area contributed by atoms with Gasteiger partial charge in [-0.3, -0.25) is 10.0 Å². The van der Waals surface area contributed by atoms with E-state index in [0.717, 1.165) is 0 Å². The lowest BCUT2D eigenvalue weighted by Gasteiger charge is -2.23. The summed E-state index contributed by atoms with van der Waals surface area (Å²) in [4.78, 5) is 25.6. The number of hydrogen-bond donors (Lipinski definition) is 0. The molecular weight excluding hydrogens is 374 g/mol. The van der Waals surface area contributed by atoms with Crippen LogP contribution in [0.5, 0.6) is 0 Å². The van der Waals surface area contributed by atoms with Crippen molar-refractivity contribution in [2.24, 2.45) is 0 Å². The largest absolute Gasteiger partial charge is 0.461 e. The van der Waals surface area contributed by atoms with Crippen molar-refractivity contribution in [2.45, 2.75) is 32.0 Å². The van der Waals surface area contributed by atoms with Crippen molar-refractivity contribution in [3.8, 4) is 0 Å². The number of carbonyl (C=O) groups is 2. The molecule has 0 N–H and O–H groups in total. The molecule has 0 saturated carbocycles. The number of hydrogen-bond acceptors (Lipinski definition) is 5. The molecule has 0 radical (unpaired) electrons. The van der Waals surface area contributed by atoms with Crippen LogP contribution < -0.4 is 0 Å². The number of carbonyl (C=O) groups excluding carboxylic acids is 2. The fraction of sp³-hybridized carbons (Fsp3) is 0.286. The number of rotatable bonds is 8. The summed E-state index contributed by atoms with van der Waals surface area (Å²) >= 11 is 0. The maximum atomic E-state index is 12.8. The van der Waals surface area contributed by atoms with Gasteiger partial charge in [-0.2, -0.15) is 0 Å². The van der Waals surface area contributed by atoms with Crippen LogP contribution in [0.2, 0.25) is 19.6 Å². The highest BCUT2D eigenvalue weighted by atomic mass is 28.4. The Bertz CT molecular complexity index is 844. The van der Waals surface area contributed by atoms with Gasteiger partial charge in [0.2, 0.25) is 0 Å². The van der Waals surface area contributed by atoms with Gasteiger partial charge in [-0.15, -0.1) is 0 Å². The molecule has 1 unspecified atom stereocenters. The number of Topliss-reactive ketones (excluding diaryl/α,β-unsaturated/α-hetero) is 1. The van der Waals surface area contributed by atoms with Crippen LogP contribution in [0.3, 0.4) is 0 Å². The fourth-order valence-corrected chi connectivity index (χ4v) is 3.33. The van der Waals surface area contributed by atoms with Gasteiger partial charge in [-0.25, -0.2) is 4.79 Å². The predicted molar refractivity (Wildman–Crippen MR) is 110 cm³/mol. The molecular formula is C21H25NO5Si. The molecule has 6 nitrogen and oxygen atoms in total. The van der Waals surface area contributed by atoms with Gasteiger partial charge in [0, 0.05) is 16.9 Å². The van der Waals surface area contributed by atoms with E-state index >= 15 is 0 Å². The maximum Gasteiger partial charge on any atom is 0.405 e. The van der Waals surface area contributed by atoms with Crippen molar-refractivity contribution in [2.75, 3.05) is 7.11 Å². The van der Waals surface area contributed by atoms with E-state index in [2.05, 4.69) is 0 Å². The average Bonchev–Trinajstić information content (AvgIpc) is 2.67. The van der Waals surface area contributed by atoms with Crippen LogP contribution in [0.4, 0.5) is 0 Å². The van der Waals surface area contributed by atoms with Crippen molar-refractivity contribution in [3.05, 3.63) is 77.0 Å². The molecule has 0 heterocycles. The maximum absolute atomic E-state index is 12.8. The molecule has 0 spiro atoms. The molecule has 148 valence electrons. The third-order valence-electron chi connectivity index (χ3n) is 3.97. The zero-order valence-corrected chi connectivity index (χ0v) is 17.5. The Hall–Kier alpha value is -2.93. The Morgan fingerprint density at radius 3 is 2.04 bits per heavy atom. The number of methoxy groups -OCH3 is 1. The highest BCUT2D eigenvalue weighted by Crippen LogP contribution is 2.25. The van der Waals surface area contributed by atoms with Gasteiger partial charge < -0.3 is 9.26 Å². The quantitative estimate of drug-likeness (QED) is 0.168. The summed E-state index contributed by atoms with van der Waals surface area (Å²) in [6.07, 6.45) is -0.0632. The van der Waals surface area contributed by atoms with Crippen molar-refractivity contribution in [1.82, 2.24) is 0 Å². The predicted octanol–water partition coefficient (Wildman–Crippen LogP) is 3.93. The SMILES string of the molecule is COC(=O)/C(C(CC(=O)c1ccccc1)c1ccccc1)=[N+](\[O-])O[Si](C)(C)C. The summed E-state index contributed by atoms with van der Waals surface area (Å²) in [6.45, 7) is 5.50. The Balaban J connectivity index is 2.53. The second-order valence-corrected chi connectivity index (χ2v) is 11.7. The van der Waals surface area contributed by atoms with Gasteiger partial charge >= 0.3 is 11.7 Å². The van der Waals surface area contributed by atoms with E-state index in [1.807, 2.05) is 31.8 Å². The van der Waals surface area contributed by atoms with Crippen LogP contribution in [0.15, 0.2) is 60.7 Å². The number of esters is 1. The first kappa shape index (κ1) is 21.4. The van der Waals surface area contributed by atoms with Crippen LogP contribution in [0, 0.1) is 5.21 Å². The Morgan fingerprint density at radius 1 is 1.00 bits per heavy atom. The van der Waals surface area contributed by atoms with E-state index in [1.165, 1.54) is 7.11 Å². The molecule has 28 heavy (non-hydrogen) atoms. The first-order chi connectivity index (χ1) is 13.2. The van der Waals surface area contributed by atoms with Gasteiger partial charge in [-0.05, 0) is 5.56 Å². The summed E-state index contributed by atoms with van der Waals surface area (Å²) < 4.78 is 10.3. The number of benzene rings is 2. The van der Waals surface area contributed by atoms with E-state index < -0.39 is 20.2 Å². The summed E-state index contributed by atoms with van der Waals surface area (Å²) in [6, 6.07) is 17.7. The molecule has 0 aliphatic carbocycles. The van der Waals surface area contributed by atoms with Gasteiger partial charge in [0.05, 0.1) is 13.0 Å². The third kappa shape index (κ3) is 5.78. The molecule has 0 bridgehead atoms. The normalized spacial score (nSPS) is 13.3. The zero-order valence-electron chi connectivity index (χ0n) is 16.5. The van der Waals surface area contributed by atoms with Crippen molar-refractivity contribution in [1.29, 1.82) is 0 Å². The van der Waals surface area contributed by atoms with E-state index in [-0.39, 0.29) is 22.8 Å². The van der Waals surface area contributed by atoms with Crippen LogP contribution in [-0.2, 0) is 14.1 Å². The van der Waals surface area contributed by atoms with Crippen LogP contribution in [0.25, 0.3) is 0 Å². The first-order valence-electron chi connectivity index (χ1n) is 8.97. The molecule has 2 aromatic carbocycles. The van der Waals surface area contributed by atoms with E-state index in [9.17, 15) is 14.8 Å². The highest BCUT2D eigenvalue weighted by molar-refractivity contribution is 6.69. The number of ether oxygens (including phenoxy) is 1. The Kier molecular flexibility index (Phi) is 7.11. The molecule has 0 aromatic heterocycles. The van der Waals surface area contributed by atoms with Crippen molar-refractivity contribution >= 4 is 25.8 Å². The number of nitrogens with zero attached hydrogens (tertiary/aromatic N) is 1. The second kappa shape index (κ2) is 9.32. The monoisotopic (exact) mass is 399 g/mol. The lowest BCUT2D eigenvalue weighted by Crippen LogP contribution is -2.38. The smallest absolute Gasteiger partial charge is 0.405 e. The molecule has 2 aromatic rings. The van der Waals surface area contributed by atoms with Crippen molar-refractivity contribution in [3.63, 3.8) is 0 Å². The molecule has 0 saturated heterocycles. The van der Waals surface area contributed by atoms with Crippen LogP contribution in [0.1, 0.15) is 28.3 Å². The molecule has 0 fully saturated rings. The fourth-order valence-electron chi connectivity index (χ4n) is 2.73. The van der Waals surface area contributed by atoms with Crippen LogP contribution >= 0.6 is 0 Å². The first-order valence-corrected chi connectivity index (χ1v) is 12.4. The second-order valence-electron chi connectivity index (χ2n) is 7.29. The lowest BCUT2D eigenvalue weighted by atomic mass is 9.87. The molecule has 2 rings (SSSR count). The molecule has 0 aliphatic heterocycles. The standard InChI is InChI=1S/C21H25NO5Si/c1-26-21(24)20(22(25)27-28(2,3)4)18(16-11-7-5-8-12-16)15-19(23)17-13-9-6-10-14-17/h5-14,18H,15H2,1-4H3/b22-20+. The van der Waals surface area contributed by atoms with E-state index in [1.54, 1.807) is 48.5 Å². The van der Waals surface area contributed by atoms with Crippen molar-refractivity contribution < 1.29 is 23.8 Å². The summed E-state index contributed by atoms with van der Waals surface area (Å²) in [7, 11) is -1.09. The third-order valence-corrected chi connectivity index (χ3v) is 4.68. The summed E-state index contributed by atoms with van der Waals surface area (Å²) in [5, 5.41) is 12.8. The minimum Gasteiger partial charge on any atom is -0.461 e. The average molecular weight is 400 g/mol. The molecule has 0 amide bonds. The van der Waals surface area contributed by atoms with E-state index in [4.69, 9.17) is 9.26 Å². The van der Waals surface area contributed by atoms with Gasteiger partial charge in [0.1, 0.15) is 0 Å². The summed E-state index contributed by atoms with van der Waals surface area (Å²) in [5.41, 5.74) is 0.934. The zero-order chi connectivity index (χ0) is 20.7. The minimum absolute atomic E-state index is 0.0632. The Morgan fingerprint density at radius 2 is 1.54 bits per heavy atom. The number of ketones is 1. The minimum atomic E-state index is -2.29. The van der Waals surface area contributed by atoms with Gasteiger partial charge in [0.15, 0.2) is 14.1 Å². The molecule has 7 heteroatoms. The topological polar surface area (TPSA) is 78.7 Å². The van der Waals surface area contributed by atoms with Gasteiger partial charge in [0.25, 0.3) is 0 Å². The van der Waals surface area contributed by atoms with Gasteiger partial charge in [-0.1, -0.05) is 80.3 Å². The summed E-state index contributed by atoms with van der Waals surface area (Å²) in [5.74, 6) is -1.80. The highest BCUT2D eigenvalue weighted by Gasteiger charge is 2.38. The molecule has 0 aliphatic rings. The lowest BCUT2D eigenvalue weighted by molar-refractivity contribution is -0.704.